The van der Waals surface area contributed by atoms with Crippen LogP contribution in [0.15, 0.2) is 57.4 Å². The maximum absolute atomic E-state index is 13.9. The van der Waals surface area contributed by atoms with Gasteiger partial charge in [-0.15, -0.1) is 11.3 Å². The summed E-state index contributed by atoms with van der Waals surface area (Å²) in [5, 5.41) is 0.590. The Morgan fingerprint density at radius 3 is 2.80 bits per heavy atom. The van der Waals surface area contributed by atoms with Crippen molar-refractivity contribution in [2.75, 3.05) is 18.0 Å². The first-order valence-electron chi connectivity index (χ1n) is 11.3. The summed E-state index contributed by atoms with van der Waals surface area (Å²) < 4.78 is 34.9. The third-order valence-electron chi connectivity index (χ3n) is 6.14. The first-order chi connectivity index (χ1) is 16.9. The van der Waals surface area contributed by atoms with Crippen LogP contribution in [0.4, 0.5) is 5.13 Å². The molecule has 0 radical (unpaired) electrons. The molecule has 1 amide bonds. The minimum atomic E-state index is -3.71. The molecule has 7 nitrogen and oxygen atoms in total. The summed E-state index contributed by atoms with van der Waals surface area (Å²) in [6.45, 7) is 2.81. The van der Waals surface area contributed by atoms with Gasteiger partial charge in [-0.1, -0.05) is 42.0 Å². The summed E-state index contributed by atoms with van der Waals surface area (Å²) >= 11 is 8.47. The smallest absolute Gasteiger partial charge is 0.252 e. The molecule has 1 aliphatic heterocycles. The first kappa shape index (κ1) is 24.5. The summed E-state index contributed by atoms with van der Waals surface area (Å²) in [7, 11) is -3.71. The molecule has 3 aromatic heterocycles. The number of thiazole rings is 1. The minimum Gasteiger partial charge on any atom is -0.467 e. The van der Waals surface area contributed by atoms with Gasteiger partial charge in [0, 0.05) is 13.1 Å². The summed E-state index contributed by atoms with van der Waals surface area (Å²) in [5.74, 6) is 0.00558. The van der Waals surface area contributed by atoms with E-state index in [0.717, 1.165) is 33.5 Å². The predicted molar refractivity (Wildman–Crippen MR) is 140 cm³/mol. The van der Waals surface area contributed by atoms with Crippen molar-refractivity contribution in [2.45, 2.75) is 36.9 Å². The number of piperidine rings is 1. The maximum Gasteiger partial charge on any atom is 0.252 e. The fourth-order valence-electron chi connectivity index (χ4n) is 4.34. The third-order valence-corrected chi connectivity index (χ3v) is 10.7. The Bertz CT molecular complexity index is 1450. The van der Waals surface area contributed by atoms with E-state index >= 15 is 0 Å². The van der Waals surface area contributed by atoms with Crippen LogP contribution in [0, 0.1) is 5.92 Å². The number of hydrogen-bond acceptors (Lipinski definition) is 7. The molecule has 1 atom stereocenters. The Hall–Kier alpha value is -2.24. The number of nitrogens with zero attached hydrogens (tertiary/aromatic N) is 3. The van der Waals surface area contributed by atoms with Gasteiger partial charge < -0.3 is 4.42 Å². The molecule has 1 fully saturated rings. The SMILES string of the molecule is CCc1cccc2sc(N(Cc3ccco3)C(=O)C3CCCN(S(=O)(=O)c4ccc(Cl)s4)C3)nc12. The lowest BCUT2D eigenvalue weighted by Crippen LogP contribution is -2.46. The maximum atomic E-state index is 13.9. The average Bonchev–Trinajstić information content (AvgIpc) is 3.62. The van der Waals surface area contributed by atoms with Gasteiger partial charge >= 0.3 is 0 Å². The molecular formula is C24H24ClN3O4S3. The van der Waals surface area contributed by atoms with Gasteiger partial charge in [-0.2, -0.15) is 4.31 Å². The van der Waals surface area contributed by atoms with Crippen LogP contribution in [-0.2, 0) is 27.8 Å². The molecule has 184 valence electrons. The van der Waals surface area contributed by atoms with E-state index in [0.29, 0.717) is 34.6 Å². The van der Waals surface area contributed by atoms with Crippen molar-refractivity contribution < 1.29 is 17.6 Å². The number of sulfonamides is 1. The number of aryl methyl sites for hydroxylation is 1. The van der Waals surface area contributed by atoms with Gasteiger partial charge in [-0.25, -0.2) is 13.4 Å². The van der Waals surface area contributed by atoms with Crippen molar-refractivity contribution in [1.29, 1.82) is 0 Å². The molecule has 5 rings (SSSR count). The standard InChI is InChI=1S/C24H24ClN3O4S3/c1-2-16-6-3-9-19-22(16)26-24(33-19)28(15-18-8-5-13-32-18)23(29)17-7-4-12-27(14-17)35(30,31)21-11-10-20(25)34-21/h3,5-6,8-11,13,17H,2,4,7,12,14-15H2,1H3. The summed E-state index contributed by atoms with van der Waals surface area (Å²) in [4.78, 5) is 20.4. The zero-order valence-electron chi connectivity index (χ0n) is 19.0. The van der Waals surface area contributed by atoms with E-state index in [1.54, 1.807) is 23.3 Å². The van der Waals surface area contributed by atoms with Crippen molar-refractivity contribution in [3.05, 3.63) is 64.4 Å². The monoisotopic (exact) mass is 549 g/mol. The second-order valence-electron chi connectivity index (χ2n) is 8.38. The molecule has 0 bridgehead atoms. The minimum absolute atomic E-state index is 0.121. The number of fused-ring (bicyclic) bond motifs is 1. The van der Waals surface area contributed by atoms with Gasteiger partial charge in [-0.3, -0.25) is 9.69 Å². The highest BCUT2D eigenvalue weighted by Gasteiger charge is 2.37. The Kier molecular flexibility index (Phi) is 7.00. The molecule has 4 aromatic rings. The quantitative estimate of drug-likeness (QED) is 0.291. The topological polar surface area (TPSA) is 83.7 Å². The summed E-state index contributed by atoms with van der Waals surface area (Å²) in [6.07, 6.45) is 3.63. The Morgan fingerprint density at radius 1 is 1.23 bits per heavy atom. The van der Waals surface area contributed by atoms with Gasteiger partial charge in [0.2, 0.25) is 5.91 Å². The lowest BCUT2D eigenvalue weighted by molar-refractivity contribution is -0.123. The summed E-state index contributed by atoms with van der Waals surface area (Å²) in [5.41, 5.74) is 2.02. The number of amides is 1. The van der Waals surface area contributed by atoms with E-state index in [1.807, 2.05) is 24.3 Å². The fraction of sp³-hybridized carbons (Fsp3) is 0.333. The van der Waals surface area contributed by atoms with Crippen LogP contribution in [0.25, 0.3) is 10.2 Å². The third kappa shape index (κ3) is 4.90. The molecule has 0 aliphatic carbocycles. The number of hydrogen-bond donors (Lipinski definition) is 0. The van der Waals surface area contributed by atoms with Crippen molar-refractivity contribution >= 4 is 65.6 Å². The molecule has 1 saturated heterocycles. The molecule has 35 heavy (non-hydrogen) atoms. The van der Waals surface area contributed by atoms with E-state index in [1.165, 1.54) is 21.7 Å². The number of carbonyl (C=O) groups excluding carboxylic acids is 1. The molecule has 1 aliphatic rings. The van der Waals surface area contributed by atoms with Crippen LogP contribution < -0.4 is 4.90 Å². The van der Waals surface area contributed by atoms with Crippen LogP contribution in [0.5, 0.6) is 0 Å². The lowest BCUT2D eigenvalue weighted by atomic mass is 9.98. The lowest BCUT2D eigenvalue weighted by Gasteiger charge is -2.33. The Morgan fingerprint density at radius 2 is 2.09 bits per heavy atom. The molecule has 11 heteroatoms. The number of benzene rings is 1. The largest absolute Gasteiger partial charge is 0.467 e. The number of thiophene rings is 1. The predicted octanol–water partition coefficient (Wildman–Crippen LogP) is 5.80. The Labute approximate surface area is 217 Å². The molecule has 1 aromatic carbocycles. The van der Waals surface area contributed by atoms with Gasteiger partial charge in [0.25, 0.3) is 10.0 Å². The highest BCUT2D eigenvalue weighted by atomic mass is 35.5. The molecule has 0 saturated carbocycles. The molecular weight excluding hydrogens is 526 g/mol. The highest BCUT2D eigenvalue weighted by molar-refractivity contribution is 7.91. The normalized spacial score (nSPS) is 17.1. The number of carbonyl (C=O) groups is 1. The fourth-order valence-corrected chi connectivity index (χ4v) is 8.52. The second kappa shape index (κ2) is 10.0. The zero-order chi connectivity index (χ0) is 24.6. The molecule has 0 N–H and O–H groups in total. The van der Waals surface area contributed by atoms with E-state index in [2.05, 4.69) is 6.92 Å². The van der Waals surface area contributed by atoms with Crippen molar-refractivity contribution in [2.24, 2.45) is 5.92 Å². The molecule has 4 heterocycles. The Balaban J connectivity index is 1.45. The van der Waals surface area contributed by atoms with E-state index in [9.17, 15) is 13.2 Å². The number of rotatable bonds is 7. The second-order valence-corrected chi connectivity index (χ2v) is 13.3. The number of halogens is 1. The van der Waals surface area contributed by atoms with Crippen LogP contribution in [-0.4, -0.2) is 36.7 Å². The van der Waals surface area contributed by atoms with Crippen molar-refractivity contribution in [1.82, 2.24) is 9.29 Å². The number of aromatic nitrogens is 1. The molecule has 0 spiro atoms. The van der Waals surface area contributed by atoms with Gasteiger partial charge in [-0.05, 0) is 55.2 Å². The van der Waals surface area contributed by atoms with E-state index in [4.69, 9.17) is 21.0 Å². The van der Waals surface area contributed by atoms with Crippen LogP contribution in [0.1, 0.15) is 31.1 Å². The van der Waals surface area contributed by atoms with Crippen molar-refractivity contribution in [3.8, 4) is 0 Å². The van der Waals surface area contributed by atoms with Crippen LogP contribution in [0.3, 0.4) is 0 Å². The van der Waals surface area contributed by atoms with E-state index in [-0.39, 0.29) is 23.2 Å². The molecule has 1 unspecified atom stereocenters. The van der Waals surface area contributed by atoms with Crippen LogP contribution >= 0.6 is 34.3 Å². The number of para-hydroxylation sites is 1. The number of furan rings is 1. The zero-order valence-corrected chi connectivity index (χ0v) is 22.2. The number of anilines is 1. The van der Waals surface area contributed by atoms with E-state index < -0.39 is 15.9 Å². The van der Waals surface area contributed by atoms with Gasteiger partial charge in [0.15, 0.2) is 5.13 Å². The highest BCUT2D eigenvalue weighted by Crippen LogP contribution is 2.35. The first-order valence-corrected chi connectivity index (χ1v) is 14.8. The van der Waals surface area contributed by atoms with Gasteiger partial charge in [0.05, 0.1) is 33.3 Å². The van der Waals surface area contributed by atoms with Gasteiger partial charge in [0.1, 0.15) is 9.97 Å². The summed E-state index contributed by atoms with van der Waals surface area (Å²) in [6, 6.07) is 12.8. The van der Waals surface area contributed by atoms with Crippen molar-refractivity contribution in [3.63, 3.8) is 0 Å². The van der Waals surface area contributed by atoms with Crippen LogP contribution in [0.2, 0.25) is 4.34 Å². The average molecular weight is 550 g/mol.